The lowest BCUT2D eigenvalue weighted by Gasteiger charge is -2.18. The SMILES string of the molecule is COC(=O)c1ccc(COC(=O)c2ccccc2N2CCCC2=O)cc1. The average molecular weight is 353 g/mol. The third-order valence-corrected chi connectivity index (χ3v) is 4.23. The Morgan fingerprint density at radius 3 is 2.42 bits per heavy atom. The molecule has 0 saturated carbocycles. The van der Waals surface area contributed by atoms with E-state index in [1.807, 2.05) is 0 Å². The highest BCUT2D eigenvalue weighted by Gasteiger charge is 2.26. The van der Waals surface area contributed by atoms with Gasteiger partial charge in [0.1, 0.15) is 6.61 Å². The summed E-state index contributed by atoms with van der Waals surface area (Å²) in [5, 5.41) is 0. The number of anilines is 1. The molecule has 2 aromatic rings. The second-order valence-corrected chi connectivity index (χ2v) is 5.93. The van der Waals surface area contributed by atoms with E-state index < -0.39 is 11.9 Å². The molecule has 1 saturated heterocycles. The van der Waals surface area contributed by atoms with Crippen molar-refractivity contribution in [2.75, 3.05) is 18.6 Å². The highest BCUT2D eigenvalue weighted by molar-refractivity contribution is 6.03. The first-order chi connectivity index (χ1) is 12.6. The monoisotopic (exact) mass is 353 g/mol. The number of ether oxygens (including phenoxy) is 2. The van der Waals surface area contributed by atoms with E-state index in [2.05, 4.69) is 4.74 Å². The van der Waals surface area contributed by atoms with Gasteiger partial charge in [-0.25, -0.2) is 9.59 Å². The Morgan fingerprint density at radius 2 is 1.77 bits per heavy atom. The highest BCUT2D eigenvalue weighted by atomic mass is 16.5. The molecule has 0 aromatic heterocycles. The molecule has 134 valence electrons. The standard InChI is InChI=1S/C20H19NO5/c1-25-19(23)15-10-8-14(9-11-15)13-26-20(24)16-5-2-3-6-17(16)21-12-4-7-18(21)22/h2-3,5-6,8-11H,4,7,12-13H2,1H3. The molecule has 1 heterocycles. The number of para-hydroxylation sites is 1. The van der Waals surface area contributed by atoms with Crippen LogP contribution in [0.25, 0.3) is 0 Å². The Hall–Kier alpha value is -3.15. The molecule has 26 heavy (non-hydrogen) atoms. The zero-order chi connectivity index (χ0) is 18.5. The molecule has 0 unspecified atom stereocenters. The summed E-state index contributed by atoms with van der Waals surface area (Å²) in [6.07, 6.45) is 1.28. The largest absolute Gasteiger partial charge is 0.465 e. The van der Waals surface area contributed by atoms with Crippen LogP contribution in [0.2, 0.25) is 0 Å². The Bertz CT molecular complexity index is 828. The van der Waals surface area contributed by atoms with E-state index in [-0.39, 0.29) is 12.5 Å². The lowest BCUT2D eigenvalue weighted by atomic mass is 10.1. The van der Waals surface area contributed by atoms with E-state index in [9.17, 15) is 14.4 Å². The van der Waals surface area contributed by atoms with E-state index in [1.54, 1.807) is 53.4 Å². The molecule has 0 bridgehead atoms. The van der Waals surface area contributed by atoms with E-state index in [4.69, 9.17) is 4.74 Å². The lowest BCUT2D eigenvalue weighted by molar-refractivity contribution is -0.117. The van der Waals surface area contributed by atoms with Crippen molar-refractivity contribution in [1.82, 2.24) is 0 Å². The fourth-order valence-electron chi connectivity index (χ4n) is 2.87. The van der Waals surface area contributed by atoms with Gasteiger partial charge in [0.2, 0.25) is 5.91 Å². The molecular weight excluding hydrogens is 334 g/mol. The van der Waals surface area contributed by atoms with E-state index in [1.165, 1.54) is 7.11 Å². The van der Waals surface area contributed by atoms with Crippen molar-refractivity contribution in [3.63, 3.8) is 0 Å². The molecule has 0 radical (unpaired) electrons. The predicted octanol–water partition coefficient (Wildman–Crippen LogP) is 2.96. The molecule has 6 heteroatoms. The zero-order valence-corrected chi connectivity index (χ0v) is 14.4. The minimum atomic E-state index is -0.489. The van der Waals surface area contributed by atoms with Gasteiger partial charge in [0.05, 0.1) is 23.9 Å². The van der Waals surface area contributed by atoms with Gasteiger partial charge in [-0.05, 0) is 36.2 Å². The summed E-state index contributed by atoms with van der Waals surface area (Å²) in [6, 6.07) is 13.6. The quantitative estimate of drug-likeness (QED) is 0.773. The van der Waals surface area contributed by atoms with Crippen molar-refractivity contribution in [3.05, 3.63) is 65.2 Å². The number of carbonyl (C=O) groups excluding carboxylic acids is 3. The molecule has 0 N–H and O–H groups in total. The molecular formula is C20H19NO5. The minimum Gasteiger partial charge on any atom is -0.465 e. The lowest BCUT2D eigenvalue weighted by Crippen LogP contribution is -2.26. The maximum Gasteiger partial charge on any atom is 0.340 e. The number of esters is 2. The first kappa shape index (κ1) is 17.7. The fraction of sp³-hybridized carbons (Fsp3) is 0.250. The maximum absolute atomic E-state index is 12.5. The number of hydrogen-bond donors (Lipinski definition) is 0. The molecule has 0 atom stereocenters. The van der Waals surface area contributed by atoms with Crippen LogP contribution in [0.4, 0.5) is 5.69 Å². The molecule has 1 amide bonds. The number of amides is 1. The molecule has 3 rings (SSSR count). The Balaban J connectivity index is 1.69. The summed E-state index contributed by atoms with van der Waals surface area (Å²) in [7, 11) is 1.32. The molecule has 2 aromatic carbocycles. The smallest absolute Gasteiger partial charge is 0.340 e. The van der Waals surface area contributed by atoms with Crippen LogP contribution in [0.5, 0.6) is 0 Å². The van der Waals surface area contributed by atoms with Crippen LogP contribution in [0, 0.1) is 0 Å². The van der Waals surface area contributed by atoms with Crippen molar-refractivity contribution in [2.24, 2.45) is 0 Å². The highest BCUT2D eigenvalue weighted by Crippen LogP contribution is 2.26. The van der Waals surface area contributed by atoms with Crippen molar-refractivity contribution in [3.8, 4) is 0 Å². The third kappa shape index (κ3) is 3.74. The number of hydrogen-bond acceptors (Lipinski definition) is 5. The van der Waals surface area contributed by atoms with Crippen molar-refractivity contribution < 1.29 is 23.9 Å². The molecule has 1 fully saturated rings. The molecule has 1 aliphatic heterocycles. The Kier molecular flexibility index (Phi) is 5.31. The van der Waals surface area contributed by atoms with Crippen LogP contribution < -0.4 is 4.90 Å². The van der Waals surface area contributed by atoms with Crippen LogP contribution in [-0.4, -0.2) is 31.5 Å². The van der Waals surface area contributed by atoms with Crippen molar-refractivity contribution >= 4 is 23.5 Å². The second kappa shape index (κ2) is 7.82. The van der Waals surface area contributed by atoms with Gasteiger partial charge in [0.15, 0.2) is 0 Å². The Morgan fingerprint density at radius 1 is 1.04 bits per heavy atom. The van der Waals surface area contributed by atoms with E-state index in [0.29, 0.717) is 29.8 Å². The van der Waals surface area contributed by atoms with Crippen molar-refractivity contribution in [2.45, 2.75) is 19.4 Å². The first-order valence-electron chi connectivity index (χ1n) is 8.34. The van der Waals surface area contributed by atoms with E-state index in [0.717, 1.165) is 12.0 Å². The number of nitrogens with zero attached hydrogens (tertiary/aromatic N) is 1. The van der Waals surface area contributed by atoms with Crippen LogP contribution in [0.15, 0.2) is 48.5 Å². The van der Waals surface area contributed by atoms with Gasteiger partial charge in [-0.15, -0.1) is 0 Å². The van der Waals surface area contributed by atoms with Gasteiger partial charge in [-0.1, -0.05) is 24.3 Å². The number of rotatable bonds is 5. The molecule has 1 aliphatic rings. The summed E-state index contributed by atoms with van der Waals surface area (Å²) in [5.74, 6) is -0.890. The summed E-state index contributed by atoms with van der Waals surface area (Å²) in [6.45, 7) is 0.681. The van der Waals surface area contributed by atoms with Crippen LogP contribution >= 0.6 is 0 Å². The summed E-state index contributed by atoms with van der Waals surface area (Å²) in [5.41, 5.74) is 2.14. The third-order valence-electron chi connectivity index (χ3n) is 4.23. The number of benzene rings is 2. The number of carbonyl (C=O) groups is 3. The van der Waals surface area contributed by atoms with Crippen LogP contribution in [-0.2, 0) is 20.9 Å². The second-order valence-electron chi connectivity index (χ2n) is 5.93. The minimum absolute atomic E-state index is 0.0173. The zero-order valence-electron chi connectivity index (χ0n) is 14.4. The maximum atomic E-state index is 12.5. The molecule has 0 aliphatic carbocycles. The van der Waals surface area contributed by atoms with Crippen LogP contribution in [0.3, 0.4) is 0 Å². The summed E-state index contributed by atoms with van der Waals surface area (Å²) >= 11 is 0. The Labute approximate surface area is 151 Å². The summed E-state index contributed by atoms with van der Waals surface area (Å²) in [4.78, 5) is 37.5. The number of methoxy groups -OCH3 is 1. The van der Waals surface area contributed by atoms with Gasteiger partial charge in [0, 0.05) is 13.0 Å². The topological polar surface area (TPSA) is 72.9 Å². The molecule has 6 nitrogen and oxygen atoms in total. The van der Waals surface area contributed by atoms with Gasteiger partial charge in [-0.3, -0.25) is 4.79 Å². The van der Waals surface area contributed by atoms with Crippen LogP contribution in [0.1, 0.15) is 39.1 Å². The summed E-state index contributed by atoms with van der Waals surface area (Å²) < 4.78 is 10.0. The van der Waals surface area contributed by atoms with Gasteiger partial charge < -0.3 is 14.4 Å². The first-order valence-corrected chi connectivity index (χ1v) is 8.34. The molecule has 0 spiro atoms. The van der Waals surface area contributed by atoms with Gasteiger partial charge >= 0.3 is 11.9 Å². The normalized spacial score (nSPS) is 13.6. The predicted molar refractivity (Wildman–Crippen MR) is 94.9 cm³/mol. The van der Waals surface area contributed by atoms with Gasteiger partial charge in [-0.2, -0.15) is 0 Å². The van der Waals surface area contributed by atoms with Gasteiger partial charge in [0.25, 0.3) is 0 Å². The van der Waals surface area contributed by atoms with Crippen molar-refractivity contribution in [1.29, 1.82) is 0 Å². The fourth-order valence-corrected chi connectivity index (χ4v) is 2.87. The van der Waals surface area contributed by atoms with E-state index >= 15 is 0 Å². The average Bonchev–Trinajstić information content (AvgIpc) is 3.11.